The number of carboxylic acids is 1. The maximum Gasteiger partial charge on any atom is 0.335 e. The Kier molecular flexibility index (Phi) is 5.28. The van der Waals surface area contributed by atoms with Crippen LogP contribution >= 0.6 is 0 Å². The minimum absolute atomic E-state index is 0.137. The highest BCUT2D eigenvalue weighted by molar-refractivity contribution is 6.03. The Morgan fingerprint density at radius 1 is 1.19 bits per heavy atom. The summed E-state index contributed by atoms with van der Waals surface area (Å²) in [6.45, 7) is 2.12. The van der Waals surface area contributed by atoms with E-state index in [1.54, 1.807) is 4.68 Å². The molecule has 0 fully saturated rings. The molecule has 0 radical (unpaired) electrons. The molecule has 0 aliphatic rings. The molecule has 8 heteroatoms. The van der Waals surface area contributed by atoms with Crippen LogP contribution in [0.3, 0.4) is 0 Å². The summed E-state index contributed by atoms with van der Waals surface area (Å²) < 4.78 is 6.78. The topological polar surface area (TPSA) is 106 Å². The third-order valence-electron chi connectivity index (χ3n) is 3.90. The second-order valence-corrected chi connectivity index (χ2v) is 5.91. The van der Waals surface area contributed by atoms with Crippen LogP contribution in [0, 0.1) is 6.92 Å². The van der Waals surface area contributed by atoms with Crippen LogP contribution in [0.5, 0.6) is 0 Å². The van der Waals surface area contributed by atoms with Crippen molar-refractivity contribution in [2.45, 2.75) is 13.5 Å². The highest BCUT2D eigenvalue weighted by atomic mass is 16.5. The Balaban J connectivity index is 1.89. The summed E-state index contributed by atoms with van der Waals surface area (Å²) in [4.78, 5) is 23.6. The molecule has 2 N–H and O–H groups in total. The molecule has 0 spiro atoms. The smallest absolute Gasteiger partial charge is 0.335 e. The molecule has 0 aliphatic heterocycles. The molecular formula is C19H18N4O4. The number of carboxylic acid groups (broad SMARTS) is 1. The van der Waals surface area contributed by atoms with Crippen LogP contribution in [0.1, 0.15) is 32.1 Å². The quantitative estimate of drug-likeness (QED) is 0.695. The van der Waals surface area contributed by atoms with Gasteiger partial charge in [0.1, 0.15) is 5.69 Å². The summed E-state index contributed by atoms with van der Waals surface area (Å²) in [5.41, 5.74) is 3.08. The fraction of sp³-hybridized carbons (Fsp3) is 0.158. The Labute approximate surface area is 155 Å². The molecule has 0 atom stereocenters. The van der Waals surface area contributed by atoms with Gasteiger partial charge in [-0.25, -0.2) is 9.48 Å². The van der Waals surface area contributed by atoms with E-state index in [1.807, 2.05) is 31.2 Å². The number of carbonyl (C=O) groups excluding carboxylic acids is 1. The first kappa shape index (κ1) is 18.3. The van der Waals surface area contributed by atoms with Gasteiger partial charge in [0.2, 0.25) is 0 Å². The van der Waals surface area contributed by atoms with Crippen molar-refractivity contribution in [2.75, 3.05) is 12.4 Å². The fourth-order valence-corrected chi connectivity index (χ4v) is 2.60. The molecule has 8 nitrogen and oxygen atoms in total. The van der Waals surface area contributed by atoms with Gasteiger partial charge >= 0.3 is 5.97 Å². The van der Waals surface area contributed by atoms with Crippen molar-refractivity contribution in [1.29, 1.82) is 0 Å². The molecular weight excluding hydrogens is 348 g/mol. The van der Waals surface area contributed by atoms with Gasteiger partial charge in [-0.15, -0.1) is 5.10 Å². The molecule has 1 amide bonds. The van der Waals surface area contributed by atoms with Gasteiger partial charge in [0.25, 0.3) is 5.91 Å². The first-order valence-corrected chi connectivity index (χ1v) is 8.15. The number of amides is 1. The standard InChI is InChI=1S/C19H18N4O4/c1-12-4-3-5-15(10-12)23-16(11-27-2)17(21-22-23)18(24)20-14-8-6-13(7-9-14)19(25)26/h3-10H,11H2,1-2H3,(H,20,24)(H,25,26). The van der Waals surface area contributed by atoms with Crippen LogP contribution in [0.4, 0.5) is 5.69 Å². The first-order valence-electron chi connectivity index (χ1n) is 8.15. The van der Waals surface area contributed by atoms with Crippen LogP contribution in [-0.2, 0) is 11.3 Å². The number of benzene rings is 2. The van der Waals surface area contributed by atoms with Gasteiger partial charge in [-0.3, -0.25) is 4.79 Å². The highest BCUT2D eigenvalue weighted by Crippen LogP contribution is 2.17. The molecule has 1 aromatic heterocycles. The summed E-state index contributed by atoms with van der Waals surface area (Å²) in [5.74, 6) is -1.49. The van der Waals surface area contributed by atoms with Gasteiger partial charge in [0, 0.05) is 12.8 Å². The average molecular weight is 366 g/mol. The lowest BCUT2D eigenvalue weighted by atomic mass is 10.2. The van der Waals surface area contributed by atoms with E-state index in [9.17, 15) is 9.59 Å². The van der Waals surface area contributed by atoms with Gasteiger partial charge in [0.05, 0.1) is 17.9 Å². The summed E-state index contributed by atoms with van der Waals surface area (Å²) in [6, 6.07) is 13.5. The number of methoxy groups -OCH3 is 1. The van der Waals surface area contributed by atoms with Gasteiger partial charge in [-0.05, 0) is 48.9 Å². The van der Waals surface area contributed by atoms with Gasteiger partial charge < -0.3 is 15.2 Å². The van der Waals surface area contributed by atoms with Crippen molar-refractivity contribution in [2.24, 2.45) is 0 Å². The number of nitrogens with zero attached hydrogens (tertiary/aromatic N) is 3. The lowest BCUT2D eigenvalue weighted by Crippen LogP contribution is -2.16. The summed E-state index contributed by atoms with van der Waals surface area (Å²) in [5, 5.41) is 19.7. The molecule has 2 aromatic carbocycles. The first-order chi connectivity index (χ1) is 13.0. The maximum atomic E-state index is 12.6. The molecule has 0 saturated carbocycles. The molecule has 3 rings (SSSR count). The summed E-state index contributed by atoms with van der Waals surface area (Å²) >= 11 is 0. The normalized spacial score (nSPS) is 10.6. The molecule has 0 bridgehead atoms. The van der Waals surface area contributed by atoms with Gasteiger partial charge in [-0.1, -0.05) is 17.3 Å². The number of aromatic carboxylic acids is 1. The van der Waals surface area contributed by atoms with E-state index in [2.05, 4.69) is 15.6 Å². The van der Waals surface area contributed by atoms with Gasteiger partial charge in [-0.2, -0.15) is 0 Å². The van der Waals surface area contributed by atoms with Crippen LogP contribution in [0.25, 0.3) is 5.69 Å². The van der Waals surface area contributed by atoms with Crippen LogP contribution in [-0.4, -0.2) is 39.1 Å². The predicted octanol–water partition coefficient (Wildman–Crippen LogP) is 2.67. The number of hydrogen-bond acceptors (Lipinski definition) is 5. The number of nitrogens with one attached hydrogen (secondary N) is 1. The Morgan fingerprint density at radius 2 is 1.93 bits per heavy atom. The van der Waals surface area contributed by atoms with Crippen LogP contribution < -0.4 is 5.32 Å². The van der Waals surface area contributed by atoms with Crippen molar-refractivity contribution in [3.05, 3.63) is 71.0 Å². The van der Waals surface area contributed by atoms with Crippen molar-refractivity contribution in [3.8, 4) is 5.69 Å². The van der Waals surface area contributed by atoms with Gasteiger partial charge in [0.15, 0.2) is 5.69 Å². The summed E-state index contributed by atoms with van der Waals surface area (Å²) in [6.07, 6.45) is 0. The number of hydrogen-bond donors (Lipinski definition) is 2. The van der Waals surface area contributed by atoms with E-state index in [0.717, 1.165) is 11.3 Å². The van der Waals surface area contributed by atoms with Crippen molar-refractivity contribution < 1.29 is 19.4 Å². The Hall–Kier alpha value is -3.52. The molecule has 27 heavy (non-hydrogen) atoms. The number of ether oxygens (including phenoxy) is 1. The van der Waals surface area contributed by atoms with Crippen molar-refractivity contribution >= 4 is 17.6 Å². The lowest BCUT2D eigenvalue weighted by Gasteiger charge is -2.08. The maximum absolute atomic E-state index is 12.6. The third kappa shape index (κ3) is 4.01. The zero-order chi connectivity index (χ0) is 19.4. The van der Waals surface area contributed by atoms with Crippen LogP contribution in [0.2, 0.25) is 0 Å². The third-order valence-corrected chi connectivity index (χ3v) is 3.90. The number of anilines is 1. The highest BCUT2D eigenvalue weighted by Gasteiger charge is 2.21. The van der Waals surface area contributed by atoms with E-state index in [4.69, 9.17) is 9.84 Å². The van der Waals surface area contributed by atoms with E-state index >= 15 is 0 Å². The second-order valence-electron chi connectivity index (χ2n) is 5.91. The van der Waals surface area contributed by atoms with E-state index in [-0.39, 0.29) is 17.9 Å². The fourth-order valence-electron chi connectivity index (χ4n) is 2.60. The lowest BCUT2D eigenvalue weighted by molar-refractivity contribution is 0.0696. The second kappa shape index (κ2) is 7.79. The summed E-state index contributed by atoms with van der Waals surface area (Å²) in [7, 11) is 1.53. The average Bonchev–Trinajstić information content (AvgIpc) is 3.06. The van der Waals surface area contributed by atoms with Crippen LogP contribution in [0.15, 0.2) is 48.5 Å². The van der Waals surface area contributed by atoms with Crippen molar-refractivity contribution in [1.82, 2.24) is 15.0 Å². The molecule has 138 valence electrons. The van der Waals surface area contributed by atoms with E-state index < -0.39 is 11.9 Å². The number of rotatable bonds is 6. The zero-order valence-electron chi connectivity index (χ0n) is 14.8. The predicted molar refractivity (Wildman–Crippen MR) is 98.2 cm³/mol. The molecule has 0 unspecified atom stereocenters. The molecule has 0 aliphatic carbocycles. The minimum atomic E-state index is -1.03. The Morgan fingerprint density at radius 3 is 2.56 bits per heavy atom. The zero-order valence-corrected chi connectivity index (χ0v) is 14.8. The molecule has 3 aromatic rings. The largest absolute Gasteiger partial charge is 0.478 e. The number of aryl methyl sites for hydroxylation is 1. The van der Waals surface area contributed by atoms with E-state index in [1.165, 1.54) is 31.4 Å². The molecule has 0 saturated heterocycles. The Bertz CT molecular complexity index is 980. The SMILES string of the molecule is COCc1c(C(=O)Nc2ccc(C(=O)O)cc2)nnn1-c1cccc(C)c1. The number of carbonyl (C=O) groups is 2. The number of aromatic nitrogens is 3. The van der Waals surface area contributed by atoms with E-state index in [0.29, 0.717) is 11.4 Å². The van der Waals surface area contributed by atoms with Crippen molar-refractivity contribution in [3.63, 3.8) is 0 Å². The molecule has 1 heterocycles. The monoisotopic (exact) mass is 366 g/mol. The minimum Gasteiger partial charge on any atom is -0.478 e.